The SMILES string of the molecule is COc1cc(Br)cc(C2C3=C(CCCC3=O)N(c3ccc(F)cc3)C3=C2C(=O)CCC3)c1O. The summed E-state index contributed by atoms with van der Waals surface area (Å²) in [6.07, 6.45) is 3.49. The lowest BCUT2D eigenvalue weighted by Gasteiger charge is -2.44. The maximum Gasteiger partial charge on any atom is 0.161 e. The number of nitrogens with zero attached hydrogens (tertiary/aromatic N) is 1. The fourth-order valence-electron chi connectivity index (χ4n) is 5.30. The minimum absolute atomic E-state index is 0.0309. The Hall–Kier alpha value is -2.93. The number of hydrogen-bond acceptors (Lipinski definition) is 5. The van der Waals surface area contributed by atoms with Gasteiger partial charge < -0.3 is 14.7 Å². The molecule has 0 spiro atoms. The normalized spacial score (nSPS) is 19.1. The van der Waals surface area contributed by atoms with E-state index in [-0.39, 0.29) is 28.9 Å². The molecule has 0 saturated heterocycles. The van der Waals surface area contributed by atoms with E-state index < -0.39 is 5.92 Å². The number of halogens is 2. The third kappa shape index (κ3) is 3.59. The van der Waals surface area contributed by atoms with Crippen LogP contribution >= 0.6 is 15.9 Å². The van der Waals surface area contributed by atoms with Crippen LogP contribution in [0, 0.1) is 5.82 Å². The molecule has 5 nitrogen and oxygen atoms in total. The predicted molar refractivity (Wildman–Crippen MR) is 126 cm³/mol. The molecule has 0 saturated carbocycles. The summed E-state index contributed by atoms with van der Waals surface area (Å²) in [5, 5.41) is 11.1. The van der Waals surface area contributed by atoms with E-state index in [4.69, 9.17) is 4.74 Å². The van der Waals surface area contributed by atoms with Crippen molar-refractivity contribution in [3.8, 4) is 11.5 Å². The Kier molecular flexibility index (Phi) is 5.60. The quantitative estimate of drug-likeness (QED) is 0.553. The average Bonchev–Trinajstić information content (AvgIpc) is 2.80. The lowest BCUT2D eigenvalue weighted by atomic mass is 9.70. The van der Waals surface area contributed by atoms with Gasteiger partial charge in [0, 0.05) is 57.0 Å². The van der Waals surface area contributed by atoms with E-state index >= 15 is 0 Å². The average molecular weight is 512 g/mol. The summed E-state index contributed by atoms with van der Waals surface area (Å²) >= 11 is 3.48. The summed E-state index contributed by atoms with van der Waals surface area (Å²) in [6.45, 7) is 0. The number of aromatic hydroxyl groups is 1. The van der Waals surface area contributed by atoms with Gasteiger partial charge in [-0.15, -0.1) is 0 Å². The van der Waals surface area contributed by atoms with E-state index in [1.165, 1.54) is 19.2 Å². The fraction of sp³-hybridized carbons (Fsp3) is 0.308. The minimum atomic E-state index is -0.668. The molecular formula is C26H23BrFNO4. The van der Waals surface area contributed by atoms with Crippen molar-refractivity contribution in [2.75, 3.05) is 12.0 Å². The zero-order chi connectivity index (χ0) is 23.3. The van der Waals surface area contributed by atoms with E-state index in [2.05, 4.69) is 15.9 Å². The molecule has 0 unspecified atom stereocenters. The molecule has 2 aromatic carbocycles. The number of ketones is 2. The third-order valence-corrected chi connectivity index (χ3v) is 7.12. The van der Waals surface area contributed by atoms with Crippen LogP contribution < -0.4 is 9.64 Å². The van der Waals surface area contributed by atoms with Crippen molar-refractivity contribution in [2.24, 2.45) is 0 Å². The molecule has 33 heavy (non-hydrogen) atoms. The molecule has 2 aromatic rings. The number of phenols is 1. The van der Waals surface area contributed by atoms with Gasteiger partial charge in [-0.3, -0.25) is 9.59 Å². The maximum atomic E-state index is 13.7. The van der Waals surface area contributed by atoms with Crippen LogP contribution in [0.1, 0.15) is 50.0 Å². The number of Topliss-reactive ketones (excluding diaryl/α,β-unsaturated/α-hetero) is 2. The molecule has 1 aliphatic heterocycles. The van der Waals surface area contributed by atoms with Crippen LogP contribution in [0.25, 0.3) is 0 Å². The van der Waals surface area contributed by atoms with E-state index in [0.29, 0.717) is 59.7 Å². The van der Waals surface area contributed by atoms with Gasteiger partial charge >= 0.3 is 0 Å². The van der Waals surface area contributed by atoms with E-state index in [9.17, 15) is 19.1 Å². The molecule has 0 aromatic heterocycles. The maximum absolute atomic E-state index is 13.7. The number of carbonyl (C=O) groups is 2. The number of hydrogen-bond donors (Lipinski definition) is 1. The molecule has 170 valence electrons. The fourth-order valence-corrected chi connectivity index (χ4v) is 5.76. The van der Waals surface area contributed by atoms with Gasteiger partial charge in [0.15, 0.2) is 23.1 Å². The summed E-state index contributed by atoms with van der Waals surface area (Å²) < 4.78 is 19.7. The predicted octanol–water partition coefficient (Wildman–Crippen LogP) is 5.92. The van der Waals surface area contributed by atoms with Crippen LogP contribution in [0.2, 0.25) is 0 Å². The van der Waals surface area contributed by atoms with Crippen LogP contribution in [0.5, 0.6) is 11.5 Å². The Morgan fingerprint density at radius 1 is 0.970 bits per heavy atom. The Morgan fingerprint density at radius 2 is 1.55 bits per heavy atom. The van der Waals surface area contributed by atoms with Crippen molar-refractivity contribution in [1.82, 2.24) is 0 Å². The van der Waals surface area contributed by atoms with Gasteiger partial charge in [-0.1, -0.05) is 15.9 Å². The lowest BCUT2D eigenvalue weighted by Crippen LogP contribution is -2.39. The zero-order valence-corrected chi connectivity index (χ0v) is 19.7. The summed E-state index contributed by atoms with van der Waals surface area (Å²) in [4.78, 5) is 28.7. The Balaban J connectivity index is 1.82. The minimum Gasteiger partial charge on any atom is -0.504 e. The molecule has 0 radical (unpaired) electrons. The first-order chi connectivity index (χ1) is 15.9. The van der Waals surface area contributed by atoms with Crippen molar-refractivity contribution >= 4 is 33.2 Å². The largest absolute Gasteiger partial charge is 0.504 e. The van der Waals surface area contributed by atoms with Crippen molar-refractivity contribution in [3.05, 3.63) is 74.8 Å². The number of carbonyl (C=O) groups excluding carboxylic acids is 2. The third-order valence-electron chi connectivity index (χ3n) is 6.66. The van der Waals surface area contributed by atoms with Gasteiger partial charge in [-0.25, -0.2) is 4.39 Å². The van der Waals surface area contributed by atoms with Crippen LogP contribution in [-0.4, -0.2) is 23.8 Å². The Labute approximate surface area is 199 Å². The highest BCUT2D eigenvalue weighted by atomic mass is 79.9. The lowest BCUT2D eigenvalue weighted by molar-refractivity contribution is -0.116. The van der Waals surface area contributed by atoms with Crippen molar-refractivity contribution < 1.29 is 23.8 Å². The van der Waals surface area contributed by atoms with Crippen LogP contribution in [-0.2, 0) is 9.59 Å². The van der Waals surface area contributed by atoms with E-state index in [1.807, 2.05) is 4.90 Å². The number of ether oxygens (including phenoxy) is 1. The number of phenolic OH excluding ortho intramolecular Hbond substituents is 1. The van der Waals surface area contributed by atoms with Gasteiger partial charge in [-0.05, 0) is 62.1 Å². The molecule has 0 bridgehead atoms. The Morgan fingerprint density at radius 3 is 2.09 bits per heavy atom. The van der Waals surface area contributed by atoms with Gasteiger partial charge in [-0.2, -0.15) is 0 Å². The van der Waals surface area contributed by atoms with Gasteiger partial charge in [0.05, 0.1) is 7.11 Å². The molecule has 1 heterocycles. The zero-order valence-electron chi connectivity index (χ0n) is 18.2. The second-order valence-electron chi connectivity index (χ2n) is 8.56. The topological polar surface area (TPSA) is 66.8 Å². The van der Waals surface area contributed by atoms with Gasteiger partial charge in [0.1, 0.15) is 5.82 Å². The molecule has 7 heteroatoms. The highest BCUT2D eigenvalue weighted by Crippen LogP contribution is 2.53. The van der Waals surface area contributed by atoms with E-state index in [0.717, 1.165) is 17.1 Å². The van der Waals surface area contributed by atoms with Gasteiger partial charge in [0.25, 0.3) is 0 Å². The highest BCUT2D eigenvalue weighted by molar-refractivity contribution is 9.10. The first kappa shape index (κ1) is 21.9. The first-order valence-electron chi connectivity index (χ1n) is 11.0. The molecular weight excluding hydrogens is 489 g/mol. The van der Waals surface area contributed by atoms with E-state index in [1.54, 1.807) is 24.3 Å². The van der Waals surface area contributed by atoms with Crippen molar-refractivity contribution in [2.45, 2.75) is 44.4 Å². The molecule has 1 N–H and O–H groups in total. The number of benzene rings is 2. The second-order valence-corrected chi connectivity index (χ2v) is 9.48. The molecule has 2 aliphatic carbocycles. The van der Waals surface area contributed by atoms with Crippen LogP contribution in [0.4, 0.5) is 10.1 Å². The monoisotopic (exact) mass is 511 g/mol. The second kappa shape index (κ2) is 8.45. The summed E-state index contributed by atoms with van der Waals surface area (Å²) in [7, 11) is 1.47. The molecule has 5 rings (SSSR count). The first-order valence-corrected chi connectivity index (χ1v) is 11.8. The smallest absolute Gasteiger partial charge is 0.161 e. The Bertz CT molecular complexity index is 1190. The summed E-state index contributed by atoms with van der Waals surface area (Å²) in [5.41, 5.74) is 3.94. The van der Waals surface area contributed by atoms with Crippen molar-refractivity contribution in [1.29, 1.82) is 0 Å². The number of allylic oxidation sites excluding steroid dienone is 4. The standard InChI is InChI=1S/C26H23BrFNO4/c1-33-22-13-14(27)12-17(26(22)32)23-24-18(4-2-6-20(24)30)29(16-10-8-15(28)9-11-16)19-5-3-7-21(31)25(19)23/h8-13,23,32H,2-7H2,1H3. The molecule has 0 fully saturated rings. The molecule has 0 atom stereocenters. The highest BCUT2D eigenvalue weighted by Gasteiger charge is 2.44. The van der Waals surface area contributed by atoms with Crippen molar-refractivity contribution in [3.63, 3.8) is 0 Å². The van der Waals surface area contributed by atoms with Gasteiger partial charge in [0.2, 0.25) is 0 Å². The summed E-state index contributed by atoms with van der Waals surface area (Å²) in [6, 6.07) is 9.56. The molecule has 0 amide bonds. The van der Waals surface area contributed by atoms with Crippen LogP contribution in [0.3, 0.4) is 0 Å². The molecule has 3 aliphatic rings. The number of methoxy groups -OCH3 is 1. The number of rotatable bonds is 3. The number of anilines is 1. The van der Waals surface area contributed by atoms with Crippen LogP contribution in [0.15, 0.2) is 63.4 Å². The summed E-state index contributed by atoms with van der Waals surface area (Å²) in [5.74, 6) is -0.873.